The number of hydrogen-bond acceptors (Lipinski definition) is 4. The standard InChI is InChI=1S/C20H18BrFN2O2/c1-2-26-20(25)16-11-17(12-6-7-12)24-9-8-13(10-18(24)23-16)14-4-3-5-15(21)19(14)22/h3-5,8,10-12H,2,6-7,9H2,1H3. The van der Waals surface area contributed by atoms with Crippen LogP contribution < -0.4 is 0 Å². The van der Waals surface area contributed by atoms with Crippen molar-refractivity contribution < 1.29 is 13.9 Å². The number of halogens is 2. The van der Waals surface area contributed by atoms with E-state index in [4.69, 9.17) is 4.74 Å². The molecule has 0 N–H and O–H groups in total. The van der Waals surface area contributed by atoms with Crippen molar-refractivity contribution in [3.63, 3.8) is 0 Å². The Morgan fingerprint density at radius 1 is 1.38 bits per heavy atom. The Hall–Kier alpha value is -2.21. The van der Waals surface area contributed by atoms with Gasteiger partial charge in [-0.1, -0.05) is 18.2 Å². The number of hydrogen-bond donors (Lipinski definition) is 0. The van der Waals surface area contributed by atoms with Crippen molar-refractivity contribution in [2.75, 3.05) is 13.2 Å². The molecule has 2 aliphatic heterocycles. The summed E-state index contributed by atoms with van der Waals surface area (Å²) in [5, 5.41) is 0. The van der Waals surface area contributed by atoms with Crippen molar-refractivity contribution >= 4 is 33.2 Å². The van der Waals surface area contributed by atoms with Crippen LogP contribution in [0.15, 0.2) is 57.4 Å². The Morgan fingerprint density at radius 3 is 2.92 bits per heavy atom. The lowest BCUT2D eigenvalue weighted by Crippen LogP contribution is -2.32. The van der Waals surface area contributed by atoms with E-state index in [2.05, 4.69) is 25.8 Å². The zero-order valence-corrected chi connectivity index (χ0v) is 15.9. The molecule has 2 heterocycles. The third kappa shape index (κ3) is 3.14. The van der Waals surface area contributed by atoms with E-state index in [9.17, 15) is 9.18 Å². The van der Waals surface area contributed by atoms with E-state index in [0.29, 0.717) is 40.6 Å². The lowest BCUT2D eigenvalue weighted by molar-refractivity contribution is -0.134. The number of aliphatic imine (C=N–C) groups is 1. The second kappa shape index (κ2) is 6.83. The first-order valence-electron chi connectivity index (χ1n) is 8.69. The number of esters is 1. The molecule has 0 saturated heterocycles. The summed E-state index contributed by atoms with van der Waals surface area (Å²) in [5.74, 6) is 0.397. The lowest BCUT2D eigenvalue weighted by Gasteiger charge is -2.33. The van der Waals surface area contributed by atoms with Gasteiger partial charge in [-0.2, -0.15) is 0 Å². The van der Waals surface area contributed by atoms with Gasteiger partial charge in [0.1, 0.15) is 11.6 Å². The van der Waals surface area contributed by atoms with E-state index in [1.54, 1.807) is 25.1 Å². The summed E-state index contributed by atoms with van der Waals surface area (Å²) in [7, 11) is 0. The normalized spacial score (nSPS) is 19.1. The third-order valence-electron chi connectivity index (χ3n) is 4.63. The van der Waals surface area contributed by atoms with Crippen LogP contribution in [-0.4, -0.2) is 29.7 Å². The Bertz CT molecular complexity index is 897. The van der Waals surface area contributed by atoms with Crippen molar-refractivity contribution in [3.05, 3.63) is 63.8 Å². The van der Waals surface area contributed by atoms with Gasteiger partial charge in [-0.3, -0.25) is 0 Å². The molecular formula is C20H18BrFN2O2. The molecule has 0 amide bonds. The molecule has 0 aromatic heterocycles. The summed E-state index contributed by atoms with van der Waals surface area (Å²) in [6.45, 7) is 2.69. The van der Waals surface area contributed by atoms with Crippen LogP contribution in [0.25, 0.3) is 5.57 Å². The Labute approximate surface area is 159 Å². The quantitative estimate of drug-likeness (QED) is 0.681. The molecule has 26 heavy (non-hydrogen) atoms. The van der Waals surface area contributed by atoms with Gasteiger partial charge in [-0.15, -0.1) is 0 Å². The fourth-order valence-electron chi connectivity index (χ4n) is 3.20. The van der Waals surface area contributed by atoms with Crippen LogP contribution >= 0.6 is 15.9 Å². The summed E-state index contributed by atoms with van der Waals surface area (Å²) in [6.07, 6.45) is 7.90. The minimum Gasteiger partial charge on any atom is -0.461 e. The highest BCUT2D eigenvalue weighted by atomic mass is 79.9. The molecule has 1 aliphatic carbocycles. The maximum absolute atomic E-state index is 14.5. The molecule has 3 aliphatic rings. The molecule has 6 heteroatoms. The van der Waals surface area contributed by atoms with Crippen LogP contribution in [0.2, 0.25) is 0 Å². The van der Waals surface area contributed by atoms with Crippen molar-refractivity contribution in [1.82, 2.24) is 4.90 Å². The second-order valence-electron chi connectivity index (χ2n) is 6.43. The highest BCUT2D eigenvalue weighted by Gasteiger charge is 2.35. The number of nitrogens with zero attached hydrogens (tertiary/aromatic N) is 2. The van der Waals surface area contributed by atoms with E-state index in [-0.39, 0.29) is 5.82 Å². The minimum atomic E-state index is -0.420. The average molecular weight is 417 g/mol. The zero-order chi connectivity index (χ0) is 18.3. The highest BCUT2D eigenvalue weighted by Crippen LogP contribution is 2.42. The zero-order valence-electron chi connectivity index (χ0n) is 14.3. The lowest BCUT2D eigenvalue weighted by atomic mass is 10.0. The number of rotatable bonds is 4. The van der Waals surface area contributed by atoms with Crippen molar-refractivity contribution in [2.45, 2.75) is 19.8 Å². The molecule has 0 atom stereocenters. The average Bonchev–Trinajstić information content (AvgIpc) is 3.48. The van der Waals surface area contributed by atoms with Crippen LogP contribution in [0.1, 0.15) is 25.3 Å². The van der Waals surface area contributed by atoms with E-state index in [0.717, 1.165) is 24.1 Å². The van der Waals surface area contributed by atoms with Gasteiger partial charge in [-0.25, -0.2) is 14.2 Å². The molecular weight excluding hydrogens is 399 g/mol. The fraction of sp³-hybridized carbons (Fsp3) is 0.300. The summed E-state index contributed by atoms with van der Waals surface area (Å²) in [4.78, 5) is 18.8. The summed E-state index contributed by atoms with van der Waals surface area (Å²) >= 11 is 3.23. The molecule has 4 nitrogen and oxygen atoms in total. The molecule has 1 aromatic rings. The van der Waals surface area contributed by atoms with Crippen LogP contribution in [0.5, 0.6) is 0 Å². The molecule has 4 rings (SSSR count). The summed E-state index contributed by atoms with van der Waals surface area (Å²) < 4.78 is 20.0. The molecule has 134 valence electrons. The SMILES string of the molecule is CCOC(=O)C1=NC2=CC(c3cccc(Br)c3F)=CCN2C(C2CC2)=C1. The Balaban J connectivity index is 1.72. The van der Waals surface area contributed by atoms with E-state index in [1.807, 2.05) is 18.2 Å². The van der Waals surface area contributed by atoms with Crippen LogP contribution in [0.4, 0.5) is 4.39 Å². The number of ether oxygens (including phenoxy) is 1. The van der Waals surface area contributed by atoms with E-state index >= 15 is 0 Å². The van der Waals surface area contributed by atoms with Crippen LogP contribution in [0, 0.1) is 11.7 Å². The topological polar surface area (TPSA) is 41.9 Å². The summed E-state index contributed by atoms with van der Waals surface area (Å²) in [5.41, 5.74) is 2.69. The maximum Gasteiger partial charge on any atom is 0.357 e. The van der Waals surface area contributed by atoms with Gasteiger partial charge < -0.3 is 9.64 Å². The van der Waals surface area contributed by atoms with Gasteiger partial charge in [0, 0.05) is 17.8 Å². The largest absolute Gasteiger partial charge is 0.461 e. The van der Waals surface area contributed by atoms with Gasteiger partial charge in [0.15, 0.2) is 5.71 Å². The first-order chi connectivity index (χ1) is 12.6. The maximum atomic E-state index is 14.5. The minimum absolute atomic E-state index is 0.299. The van der Waals surface area contributed by atoms with Gasteiger partial charge in [0.25, 0.3) is 0 Å². The number of carbonyl (C=O) groups is 1. The first kappa shape index (κ1) is 17.2. The van der Waals surface area contributed by atoms with Crippen molar-refractivity contribution in [3.8, 4) is 0 Å². The molecule has 1 saturated carbocycles. The number of allylic oxidation sites excluding steroid dienone is 3. The van der Waals surface area contributed by atoms with E-state index in [1.165, 1.54) is 0 Å². The predicted octanol–water partition coefficient (Wildman–Crippen LogP) is 4.44. The number of fused-ring (bicyclic) bond motifs is 1. The van der Waals surface area contributed by atoms with Gasteiger partial charge in [0.05, 0.1) is 11.1 Å². The predicted molar refractivity (Wildman–Crippen MR) is 102 cm³/mol. The van der Waals surface area contributed by atoms with Gasteiger partial charge in [0.2, 0.25) is 0 Å². The number of carbonyl (C=O) groups excluding carboxylic acids is 1. The first-order valence-corrected chi connectivity index (χ1v) is 9.49. The van der Waals surface area contributed by atoms with Crippen LogP contribution in [-0.2, 0) is 9.53 Å². The van der Waals surface area contributed by atoms with Gasteiger partial charge in [-0.05, 0) is 65.4 Å². The smallest absolute Gasteiger partial charge is 0.357 e. The third-order valence-corrected chi connectivity index (χ3v) is 5.24. The molecule has 0 radical (unpaired) electrons. The summed E-state index contributed by atoms with van der Waals surface area (Å²) in [6, 6.07) is 5.22. The molecule has 0 unspecified atom stereocenters. The monoisotopic (exact) mass is 416 g/mol. The van der Waals surface area contributed by atoms with Gasteiger partial charge >= 0.3 is 5.97 Å². The molecule has 1 aromatic carbocycles. The fourth-order valence-corrected chi connectivity index (χ4v) is 3.57. The molecule has 0 bridgehead atoms. The van der Waals surface area contributed by atoms with Crippen LogP contribution in [0.3, 0.4) is 0 Å². The molecule has 1 fully saturated rings. The van der Waals surface area contributed by atoms with E-state index < -0.39 is 5.97 Å². The highest BCUT2D eigenvalue weighted by molar-refractivity contribution is 9.10. The Morgan fingerprint density at radius 2 is 2.19 bits per heavy atom. The van der Waals surface area contributed by atoms with Crippen molar-refractivity contribution in [1.29, 1.82) is 0 Å². The van der Waals surface area contributed by atoms with Crippen molar-refractivity contribution in [2.24, 2.45) is 10.9 Å². The second-order valence-corrected chi connectivity index (χ2v) is 7.29. The number of benzene rings is 1. The molecule has 0 spiro atoms. The Kier molecular flexibility index (Phi) is 4.53.